The standard InChI is InChI=1S/C22H29N5O2/c28-20-6-4-19(5-7-20)25-13-11-24(12-14-25)10-8-22(29)27-17-15-26(16-18-27)21-3-1-2-9-23-21/h1-7,9,28H,8,10-18H2. The van der Waals surface area contributed by atoms with E-state index in [0.29, 0.717) is 12.2 Å². The number of aromatic hydroxyl groups is 1. The van der Waals surface area contributed by atoms with E-state index in [2.05, 4.69) is 19.7 Å². The van der Waals surface area contributed by atoms with Crippen LogP contribution in [0.4, 0.5) is 11.5 Å². The number of amides is 1. The summed E-state index contributed by atoms with van der Waals surface area (Å²) >= 11 is 0. The lowest BCUT2D eigenvalue weighted by Gasteiger charge is -2.37. The van der Waals surface area contributed by atoms with E-state index in [1.807, 2.05) is 41.4 Å². The second-order valence-electron chi connectivity index (χ2n) is 7.65. The van der Waals surface area contributed by atoms with Crippen molar-refractivity contribution in [3.8, 4) is 5.75 Å². The number of pyridine rings is 1. The number of piperazine rings is 2. The lowest BCUT2D eigenvalue weighted by atomic mass is 10.2. The summed E-state index contributed by atoms with van der Waals surface area (Å²) in [7, 11) is 0. The van der Waals surface area contributed by atoms with Crippen LogP contribution in [0.1, 0.15) is 6.42 Å². The van der Waals surface area contributed by atoms with Crippen LogP contribution < -0.4 is 9.80 Å². The predicted octanol–water partition coefficient (Wildman–Crippen LogP) is 1.65. The van der Waals surface area contributed by atoms with Crippen LogP contribution in [0.2, 0.25) is 0 Å². The Hall–Kier alpha value is -2.80. The summed E-state index contributed by atoms with van der Waals surface area (Å²) in [5.41, 5.74) is 1.14. The molecule has 2 aliphatic heterocycles. The molecule has 2 saturated heterocycles. The van der Waals surface area contributed by atoms with Crippen molar-refractivity contribution in [2.45, 2.75) is 6.42 Å². The molecule has 1 amide bonds. The normalized spacial score (nSPS) is 18.1. The van der Waals surface area contributed by atoms with Crippen LogP contribution in [0.25, 0.3) is 0 Å². The summed E-state index contributed by atoms with van der Waals surface area (Å²) in [5, 5.41) is 9.43. The predicted molar refractivity (Wildman–Crippen MR) is 114 cm³/mol. The first-order valence-corrected chi connectivity index (χ1v) is 10.4. The number of benzene rings is 1. The quantitative estimate of drug-likeness (QED) is 0.831. The van der Waals surface area contributed by atoms with Crippen molar-refractivity contribution >= 4 is 17.4 Å². The van der Waals surface area contributed by atoms with Crippen LogP contribution >= 0.6 is 0 Å². The number of carbonyl (C=O) groups excluding carboxylic acids is 1. The van der Waals surface area contributed by atoms with Gasteiger partial charge in [-0.25, -0.2) is 4.98 Å². The Labute approximate surface area is 172 Å². The van der Waals surface area contributed by atoms with Crippen LogP contribution in [-0.2, 0) is 4.79 Å². The molecule has 0 bridgehead atoms. The Balaban J connectivity index is 1.17. The van der Waals surface area contributed by atoms with Gasteiger partial charge in [0.15, 0.2) is 0 Å². The highest BCUT2D eigenvalue weighted by Gasteiger charge is 2.23. The average Bonchev–Trinajstić information content (AvgIpc) is 2.79. The SMILES string of the molecule is O=C(CCN1CCN(c2ccc(O)cc2)CC1)N1CCN(c2ccccn2)CC1. The highest BCUT2D eigenvalue weighted by molar-refractivity contribution is 5.76. The second kappa shape index (κ2) is 9.13. The van der Waals surface area contributed by atoms with Gasteiger partial charge in [0.2, 0.25) is 5.91 Å². The molecule has 0 saturated carbocycles. The number of aromatic nitrogens is 1. The van der Waals surface area contributed by atoms with E-state index in [4.69, 9.17) is 0 Å². The van der Waals surface area contributed by atoms with Gasteiger partial charge in [-0.3, -0.25) is 9.69 Å². The first kappa shape index (κ1) is 19.5. The molecule has 7 heteroatoms. The van der Waals surface area contributed by atoms with Gasteiger partial charge in [0, 0.05) is 77.2 Å². The summed E-state index contributed by atoms with van der Waals surface area (Å²) in [5.74, 6) is 1.55. The molecule has 0 radical (unpaired) electrons. The van der Waals surface area contributed by atoms with E-state index in [9.17, 15) is 9.90 Å². The Morgan fingerprint density at radius 2 is 1.55 bits per heavy atom. The second-order valence-corrected chi connectivity index (χ2v) is 7.65. The molecule has 2 aromatic rings. The van der Waals surface area contributed by atoms with Crippen molar-refractivity contribution < 1.29 is 9.90 Å². The maximum atomic E-state index is 12.6. The van der Waals surface area contributed by atoms with Crippen molar-refractivity contribution in [3.63, 3.8) is 0 Å². The molecule has 0 atom stereocenters. The summed E-state index contributed by atoms with van der Waals surface area (Å²) in [6.45, 7) is 7.85. The number of hydrogen-bond donors (Lipinski definition) is 1. The molecule has 0 aliphatic carbocycles. The number of carbonyl (C=O) groups is 1. The zero-order chi connectivity index (χ0) is 20.1. The average molecular weight is 396 g/mol. The summed E-state index contributed by atoms with van der Waals surface area (Å²) in [6.07, 6.45) is 2.40. The number of rotatable bonds is 5. The molecule has 2 aliphatic rings. The molecule has 1 aromatic carbocycles. The maximum Gasteiger partial charge on any atom is 0.223 e. The van der Waals surface area contributed by atoms with Crippen molar-refractivity contribution in [3.05, 3.63) is 48.7 Å². The van der Waals surface area contributed by atoms with Gasteiger partial charge in [0.1, 0.15) is 11.6 Å². The van der Waals surface area contributed by atoms with E-state index in [0.717, 1.165) is 70.4 Å². The minimum absolute atomic E-state index is 0.256. The van der Waals surface area contributed by atoms with Crippen LogP contribution in [0, 0.1) is 0 Å². The van der Waals surface area contributed by atoms with E-state index >= 15 is 0 Å². The lowest BCUT2D eigenvalue weighted by molar-refractivity contribution is -0.131. The van der Waals surface area contributed by atoms with E-state index in [-0.39, 0.29) is 5.91 Å². The van der Waals surface area contributed by atoms with Gasteiger partial charge in [-0.05, 0) is 36.4 Å². The molecular formula is C22H29N5O2. The fourth-order valence-electron chi connectivity index (χ4n) is 4.03. The van der Waals surface area contributed by atoms with Crippen molar-refractivity contribution in [2.75, 3.05) is 68.7 Å². The van der Waals surface area contributed by atoms with Crippen molar-refractivity contribution in [1.29, 1.82) is 0 Å². The van der Waals surface area contributed by atoms with E-state index in [1.165, 1.54) is 0 Å². The third kappa shape index (κ3) is 4.98. The largest absolute Gasteiger partial charge is 0.508 e. The van der Waals surface area contributed by atoms with Gasteiger partial charge in [-0.2, -0.15) is 0 Å². The molecule has 154 valence electrons. The number of phenols is 1. The Morgan fingerprint density at radius 3 is 2.21 bits per heavy atom. The summed E-state index contributed by atoms with van der Waals surface area (Å²) < 4.78 is 0. The van der Waals surface area contributed by atoms with Crippen molar-refractivity contribution in [2.24, 2.45) is 0 Å². The third-order valence-corrected chi connectivity index (χ3v) is 5.83. The lowest BCUT2D eigenvalue weighted by Crippen LogP contribution is -2.50. The van der Waals surface area contributed by atoms with E-state index < -0.39 is 0 Å². The molecule has 0 unspecified atom stereocenters. The molecular weight excluding hydrogens is 366 g/mol. The Morgan fingerprint density at radius 1 is 0.862 bits per heavy atom. The smallest absolute Gasteiger partial charge is 0.223 e. The third-order valence-electron chi connectivity index (χ3n) is 5.83. The highest BCUT2D eigenvalue weighted by Crippen LogP contribution is 2.20. The number of hydrogen-bond acceptors (Lipinski definition) is 6. The zero-order valence-corrected chi connectivity index (χ0v) is 16.8. The van der Waals surface area contributed by atoms with Gasteiger partial charge >= 0.3 is 0 Å². The molecule has 2 fully saturated rings. The number of anilines is 2. The fraction of sp³-hybridized carbons (Fsp3) is 0.455. The topological polar surface area (TPSA) is 63.2 Å². The maximum absolute atomic E-state index is 12.6. The summed E-state index contributed by atoms with van der Waals surface area (Å²) in [4.78, 5) is 26.0. The number of nitrogens with zero attached hydrogens (tertiary/aromatic N) is 5. The van der Waals surface area contributed by atoms with E-state index in [1.54, 1.807) is 12.1 Å². The molecule has 3 heterocycles. The molecule has 7 nitrogen and oxygen atoms in total. The molecule has 29 heavy (non-hydrogen) atoms. The van der Waals surface area contributed by atoms with Gasteiger partial charge < -0.3 is 19.8 Å². The molecule has 4 rings (SSSR count). The molecule has 1 N–H and O–H groups in total. The molecule has 1 aromatic heterocycles. The first-order chi connectivity index (χ1) is 14.2. The van der Waals surface area contributed by atoms with Gasteiger partial charge in [0.05, 0.1) is 0 Å². The first-order valence-electron chi connectivity index (χ1n) is 10.4. The van der Waals surface area contributed by atoms with Gasteiger partial charge in [-0.15, -0.1) is 0 Å². The molecule has 0 spiro atoms. The number of phenolic OH excluding ortho intramolecular Hbond substituents is 1. The van der Waals surface area contributed by atoms with Crippen LogP contribution in [0.5, 0.6) is 5.75 Å². The van der Waals surface area contributed by atoms with Gasteiger partial charge in [0.25, 0.3) is 0 Å². The minimum Gasteiger partial charge on any atom is -0.508 e. The Kier molecular flexibility index (Phi) is 6.14. The monoisotopic (exact) mass is 395 g/mol. The fourth-order valence-corrected chi connectivity index (χ4v) is 4.03. The van der Waals surface area contributed by atoms with Gasteiger partial charge in [-0.1, -0.05) is 6.07 Å². The Bertz CT molecular complexity index is 783. The highest BCUT2D eigenvalue weighted by atomic mass is 16.3. The summed E-state index contributed by atoms with van der Waals surface area (Å²) in [6, 6.07) is 13.3. The van der Waals surface area contributed by atoms with Crippen LogP contribution in [0.3, 0.4) is 0 Å². The minimum atomic E-state index is 0.256. The van der Waals surface area contributed by atoms with Crippen LogP contribution in [-0.4, -0.2) is 84.7 Å². The zero-order valence-electron chi connectivity index (χ0n) is 16.8. The van der Waals surface area contributed by atoms with Crippen LogP contribution in [0.15, 0.2) is 48.7 Å². The van der Waals surface area contributed by atoms with Crippen molar-refractivity contribution in [1.82, 2.24) is 14.8 Å².